The fourth-order valence-corrected chi connectivity index (χ4v) is 2.00. The van der Waals surface area contributed by atoms with Gasteiger partial charge in [-0.3, -0.25) is 4.79 Å². The topological polar surface area (TPSA) is 17.1 Å². The molecule has 0 fully saturated rings. The molecule has 1 rings (SSSR count). The lowest BCUT2D eigenvalue weighted by molar-refractivity contribution is 0.0986. The summed E-state index contributed by atoms with van der Waals surface area (Å²) in [6.45, 7) is 0. The Morgan fingerprint density at radius 2 is 2.20 bits per heavy atom. The Kier molecular flexibility index (Phi) is 5.03. The summed E-state index contributed by atoms with van der Waals surface area (Å²) in [5.74, 6) is -0.324. The molecule has 0 saturated carbocycles. The van der Waals surface area contributed by atoms with Crippen LogP contribution in [0.2, 0.25) is 0 Å². The summed E-state index contributed by atoms with van der Waals surface area (Å²) < 4.78 is 13.2. The van der Waals surface area contributed by atoms with Crippen LogP contribution in [0, 0.1) is 5.82 Å². The van der Waals surface area contributed by atoms with Crippen LogP contribution in [0.1, 0.15) is 16.8 Å². The standard InChI is InChI=1S/C10H8BrCl2FO/c11-7-5-6(1-2-9(7)14)10(15)8(13)3-4-12/h1-2,5,8H,3-4H2. The molecule has 0 bridgehead atoms. The van der Waals surface area contributed by atoms with Gasteiger partial charge in [0.15, 0.2) is 5.78 Å². The predicted molar refractivity (Wildman–Crippen MR) is 63.4 cm³/mol. The Morgan fingerprint density at radius 3 is 2.73 bits per heavy atom. The molecule has 0 aliphatic rings. The van der Waals surface area contributed by atoms with Crippen LogP contribution in [-0.4, -0.2) is 17.0 Å². The average Bonchev–Trinajstić information content (AvgIpc) is 2.21. The van der Waals surface area contributed by atoms with Gasteiger partial charge in [-0.1, -0.05) is 0 Å². The molecular formula is C10H8BrCl2FO. The lowest BCUT2D eigenvalue weighted by Gasteiger charge is -2.06. The Bertz CT molecular complexity index is 370. The number of ketones is 1. The van der Waals surface area contributed by atoms with Crippen LogP contribution >= 0.6 is 39.1 Å². The molecule has 5 heteroatoms. The first kappa shape index (κ1) is 12.9. The molecule has 0 N–H and O–H groups in total. The van der Waals surface area contributed by atoms with Gasteiger partial charge in [0.1, 0.15) is 5.82 Å². The van der Waals surface area contributed by atoms with Gasteiger partial charge < -0.3 is 0 Å². The number of hydrogen-bond donors (Lipinski definition) is 0. The van der Waals surface area contributed by atoms with E-state index >= 15 is 0 Å². The summed E-state index contributed by atoms with van der Waals surface area (Å²) in [5, 5.41) is -0.653. The average molecular weight is 314 g/mol. The van der Waals surface area contributed by atoms with Crippen LogP contribution in [-0.2, 0) is 0 Å². The molecule has 0 saturated heterocycles. The van der Waals surface area contributed by atoms with Crippen molar-refractivity contribution in [1.29, 1.82) is 0 Å². The normalized spacial score (nSPS) is 12.5. The minimum absolute atomic E-state index is 0.238. The summed E-state index contributed by atoms with van der Waals surface area (Å²) >= 11 is 14.3. The van der Waals surface area contributed by atoms with Crippen LogP contribution in [0.5, 0.6) is 0 Å². The molecule has 1 unspecified atom stereocenters. The largest absolute Gasteiger partial charge is 0.293 e. The molecule has 0 spiro atoms. The molecule has 82 valence electrons. The van der Waals surface area contributed by atoms with E-state index in [0.29, 0.717) is 17.9 Å². The van der Waals surface area contributed by atoms with Gasteiger partial charge >= 0.3 is 0 Å². The zero-order chi connectivity index (χ0) is 11.4. The van der Waals surface area contributed by atoms with Crippen molar-refractivity contribution in [2.45, 2.75) is 11.8 Å². The van der Waals surface area contributed by atoms with Crippen molar-refractivity contribution in [2.24, 2.45) is 0 Å². The Labute approximate surface area is 106 Å². The predicted octanol–water partition coefficient (Wildman–Crippen LogP) is 4.01. The Morgan fingerprint density at radius 1 is 1.53 bits per heavy atom. The van der Waals surface area contributed by atoms with Crippen molar-refractivity contribution in [3.05, 3.63) is 34.1 Å². The van der Waals surface area contributed by atoms with Gasteiger partial charge in [-0.15, -0.1) is 23.2 Å². The van der Waals surface area contributed by atoms with E-state index in [2.05, 4.69) is 15.9 Å². The van der Waals surface area contributed by atoms with E-state index in [0.717, 1.165) is 0 Å². The number of alkyl halides is 2. The molecule has 0 heterocycles. The number of halogens is 4. The van der Waals surface area contributed by atoms with Crippen LogP contribution in [0.3, 0.4) is 0 Å². The van der Waals surface area contributed by atoms with Gasteiger partial charge in [0, 0.05) is 11.4 Å². The summed E-state index contributed by atoms with van der Waals surface area (Å²) in [6, 6.07) is 4.05. The molecule has 1 atom stereocenters. The smallest absolute Gasteiger partial charge is 0.180 e. The second-order valence-electron chi connectivity index (χ2n) is 2.94. The lowest BCUT2D eigenvalue weighted by Crippen LogP contribution is -2.15. The quantitative estimate of drug-likeness (QED) is 0.606. The van der Waals surface area contributed by atoms with Crippen molar-refractivity contribution in [1.82, 2.24) is 0 Å². The fraction of sp³-hybridized carbons (Fsp3) is 0.300. The van der Waals surface area contributed by atoms with E-state index in [1.165, 1.54) is 18.2 Å². The zero-order valence-electron chi connectivity index (χ0n) is 7.64. The molecule has 15 heavy (non-hydrogen) atoms. The number of benzene rings is 1. The zero-order valence-corrected chi connectivity index (χ0v) is 10.7. The number of carbonyl (C=O) groups is 1. The van der Waals surface area contributed by atoms with Crippen LogP contribution in [0.25, 0.3) is 0 Å². The van der Waals surface area contributed by atoms with Crippen molar-refractivity contribution >= 4 is 44.9 Å². The molecule has 0 aliphatic carbocycles. The van der Waals surface area contributed by atoms with Crippen LogP contribution in [0.4, 0.5) is 4.39 Å². The third-order valence-electron chi connectivity index (χ3n) is 1.85. The second-order valence-corrected chi connectivity index (χ2v) is 4.70. The Balaban J connectivity index is 2.87. The monoisotopic (exact) mass is 312 g/mol. The number of hydrogen-bond acceptors (Lipinski definition) is 1. The number of carbonyl (C=O) groups excluding carboxylic acids is 1. The molecule has 0 aromatic heterocycles. The molecule has 0 aliphatic heterocycles. The fourth-order valence-electron chi connectivity index (χ4n) is 1.06. The molecule has 1 nitrogen and oxygen atoms in total. The van der Waals surface area contributed by atoms with Gasteiger partial charge in [0.25, 0.3) is 0 Å². The molecule has 1 aromatic rings. The third kappa shape index (κ3) is 3.44. The van der Waals surface area contributed by atoms with E-state index in [-0.39, 0.29) is 10.3 Å². The summed E-state index contributed by atoms with van der Waals surface area (Å²) in [5.41, 5.74) is 0.383. The van der Waals surface area contributed by atoms with Gasteiger partial charge in [-0.25, -0.2) is 4.39 Å². The highest BCUT2D eigenvalue weighted by Gasteiger charge is 2.17. The van der Waals surface area contributed by atoms with Crippen molar-refractivity contribution in [3.8, 4) is 0 Å². The first-order valence-electron chi connectivity index (χ1n) is 4.25. The van der Waals surface area contributed by atoms with Gasteiger partial charge in [0.05, 0.1) is 9.85 Å². The highest BCUT2D eigenvalue weighted by atomic mass is 79.9. The van der Waals surface area contributed by atoms with Crippen LogP contribution in [0.15, 0.2) is 22.7 Å². The number of rotatable bonds is 4. The third-order valence-corrected chi connectivity index (χ3v) is 3.09. The van der Waals surface area contributed by atoms with Gasteiger partial charge in [0.2, 0.25) is 0 Å². The number of Topliss-reactive ketones (excluding diaryl/α,β-unsaturated/α-hetero) is 1. The van der Waals surface area contributed by atoms with E-state index in [1.807, 2.05) is 0 Å². The van der Waals surface area contributed by atoms with Crippen molar-refractivity contribution in [2.75, 3.05) is 5.88 Å². The van der Waals surface area contributed by atoms with Crippen molar-refractivity contribution in [3.63, 3.8) is 0 Å². The van der Waals surface area contributed by atoms with E-state index in [1.54, 1.807) is 0 Å². The SMILES string of the molecule is O=C(c1ccc(F)c(Br)c1)C(Cl)CCCl. The molecule has 0 radical (unpaired) electrons. The van der Waals surface area contributed by atoms with Gasteiger partial charge in [-0.05, 0) is 40.5 Å². The summed E-state index contributed by atoms with van der Waals surface area (Å²) in [7, 11) is 0. The van der Waals surface area contributed by atoms with E-state index < -0.39 is 11.2 Å². The first-order chi connectivity index (χ1) is 7.06. The highest BCUT2D eigenvalue weighted by Crippen LogP contribution is 2.19. The van der Waals surface area contributed by atoms with Gasteiger partial charge in [-0.2, -0.15) is 0 Å². The van der Waals surface area contributed by atoms with Crippen molar-refractivity contribution < 1.29 is 9.18 Å². The van der Waals surface area contributed by atoms with E-state index in [4.69, 9.17) is 23.2 Å². The summed E-state index contributed by atoms with van der Waals surface area (Å²) in [6.07, 6.45) is 0.400. The molecule has 1 aromatic carbocycles. The minimum atomic E-state index is -0.653. The maximum absolute atomic E-state index is 12.9. The minimum Gasteiger partial charge on any atom is -0.293 e. The molecule has 0 amide bonds. The second kappa shape index (κ2) is 5.83. The first-order valence-corrected chi connectivity index (χ1v) is 6.02. The highest BCUT2D eigenvalue weighted by molar-refractivity contribution is 9.10. The summed E-state index contributed by atoms with van der Waals surface area (Å²) in [4.78, 5) is 11.7. The van der Waals surface area contributed by atoms with Crippen LogP contribution < -0.4 is 0 Å². The lowest BCUT2D eigenvalue weighted by atomic mass is 10.1. The Hall–Kier alpha value is -0.120. The van der Waals surface area contributed by atoms with E-state index in [9.17, 15) is 9.18 Å². The maximum Gasteiger partial charge on any atom is 0.180 e. The molecular weight excluding hydrogens is 306 g/mol. The maximum atomic E-state index is 12.9.